The van der Waals surface area contributed by atoms with Crippen LogP contribution in [0.1, 0.15) is 52.9 Å². The van der Waals surface area contributed by atoms with Crippen molar-refractivity contribution in [3.63, 3.8) is 0 Å². The average molecular weight is 508 g/mol. The molecule has 38 heavy (non-hydrogen) atoms. The lowest BCUT2D eigenvalue weighted by atomic mass is 9.96. The van der Waals surface area contributed by atoms with Crippen LogP contribution in [0.15, 0.2) is 88.9 Å². The number of aliphatic imine (C=N–C) groups is 2. The number of amidine groups is 1. The highest BCUT2D eigenvalue weighted by molar-refractivity contribution is 6.15. The topological polar surface area (TPSA) is 80.1 Å². The summed E-state index contributed by atoms with van der Waals surface area (Å²) < 4.78 is 5.49. The number of hydrogen-bond acceptors (Lipinski definition) is 5. The second kappa shape index (κ2) is 12.3. The first kappa shape index (κ1) is 26.7. The van der Waals surface area contributed by atoms with Gasteiger partial charge in [0.2, 0.25) is 0 Å². The van der Waals surface area contributed by atoms with Crippen molar-refractivity contribution in [1.29, 1.82) is 0 Å². The van der Waals surface area contributed by atoms with E-state index in [1.54, 1.807) is 32.3 Å². The Morgan fingerprint density at radius 2 is 1.87 bits per heavy atom. The Bertz CT molecular complexity index is 1440. The van der Waals surface area contributed by atoms with E-state index in [-0.39, 0.29) is 11.7 Å². The molecule has 0 aliphatic carbocycles. The summed E-state index contributed by atoms with van der Waals surface area (Å²) in [7, 11) is 1.67. The number of dihydropyridines is 1. The molecule has 1 aliphatic rings. The van der Waals surface area contributed by atoms with Gasteiger partial charge in [-0.25, -0.2) is 4.99 Å². The molecule has 0 aromatic heterocycles. The van der Waals surface area contributed by atoms with E-state index in [9.17, 15) is 9.59 Å². The van der Waals surface area contributed by atoms with Crippen LogP contribution in [0, 0.1) is 6.92 Å². The standard InChI is InChI=1S/C32H33N3O3/c1-5-9-25-20-24(14-17-31(25)38-4)28-15-16-30(36)29(35-28)19-23-11-8-12-26(18-23)32(37)34-22(3)33-27-13-7-6-10-21(27)2/h6-8,10-18,20,29H,5,9,19H2,1-4H3,(H,33,34,37). The molecule has 0 saturated heterocycles. The predicted molar refractivity (Wildman–Crippen MR) is 153 cm³/mol. The fourth-order valence-electron chi connectivity index (χ4n) is 4.46. The lowest BCUT2D eigenvalue weighted by Gasteiger charge is -2.17. The third kappa shape index (κ3) is 6.51. The second-order valence-corrected chi connectivity index (χ2v) is 9.38. The minimum Gasteiger partial charge on any atom is -0.496 e. The molecule has 1 atom stereocenters. The fraction of sp³-hybridized carbons (Fsp3) is 0.250. The van der Waals surface area contributed by atoms with Crippen LogP contribution in [0.3, 0.4) is 0 Å². The fourth-order valence-corrected chi connectivity index (χ4v) is 4.46. The molecular weight excluding hydrogens is 474 g/mol. The molecule has 1 amide bonds. The summed E-state index contributed by atoms with van der Waals surface area (Å²) in [6.07, 6.45) is 5.68. The minimum atomic E-state index is -0.547. The Balaban J connectivity index is 1.50. The Hall–Kier alpha value is -4.32. The molecule has 4 rings (SSSR count). The van der Waals surface area contributed by atoms with Crippen LogP contribution in [-0.4, -0.2) is 36.4 Å². The summed E-state index contributed by atoms with van der Waals surface area (Å²) in [4.78, 5) is 34.9. The number of benzene rings is 3. The largest absolute Gasteiger partial charge is 0.496 e. The number of amides is 1. The number of allylic oxidation sites excluding steroid dienone is 1. The number of nitrogens with one attached hydrogen (secondary N) is 1. The van der Waals surface area contributed by atoms with Gasteiger partial charge in [0.25, 0.3) is 5.91 Å². The highest BCUT2D eigenvalue weighted by atomic mass is 16.5. The number of ketones is 1. The van der Waals surface area contributed by atoms with E-state index in [0.29, 0.717) is 17.8 Å². The molecule has 1 heterocycles. The summed E-state index contributed by atoms with van der Waals surface area (Å²) in [5.41, 5.74) is 6.07. The van der Waals surface area contributed by atoms with Crippen molar-refractivity contribution in [3.05, 3.63) is 107 Å². The SMILES string of the molecule is CCCc1cc(C2=NC(Cc3cccc(C(=O)NC(C)=Nc4ccccc4C)c3)C(=O)C=C2)ccc1OC. The zero-order valence-corrected chi connectivity index (χ0v) is 22.3. The van der Waals surface area contributed by atoms with Crippen molar-refractivity contribution < 1.29 is 14.3 Å². The van der Waals surface area contributed by atoms with Crippen LogP contribution >= 0.6 is 0 Å². The number of aryl methyl sites for hydroxylation is 2. The average Bonchev–Trinajstić information content (AvgIpc) is 2.91. The van der Waals surface area contributed by atoms with Crippen molar-refractivity contribution in [1.82, 2.24) is 5.32 Å². The highest BCUT2D eigenvalue weighted by Crippen LogP contribution is 2.24. The first-order chi connectivity index (χ1) is 18.4. The summed E-state index contributed by atoms with van der Waals surface area (Å²) in [6.45, 7) is 5.87. The Morgan fingerprint density at radius 3 is 2.63 bits per heavy atom. The third-order valence-electron chi connectivity index (χ3n) is 6.44. The molecule has 6 nitrogen and oxygen atoms in total. The number of carbonyl (C=O) groups excluding carboxylic acids is 2. The Morgan fingerprint density at radius 1 is 1.05 bits per heavy atom. The predicted octanol–water partition coefficient (Wildman–Crippen LogP) is 5.98. The van der Waals surface area contributed by atoms with E-state index < -0.39 is 6.04 Å². The Kier molecular flexibility index (Phi) is 8.64. The van der Waals surface area contributed by atoms with Gasteiger partial charge in [-0.1, -0.05) is 43.7 Å². The van der Waals surface area contributed by atoms with Gasteiger partial charge in [0.05, 0.1) is 18.5 Å². The molecule has 1 unspecified atom stereocenters. The van der Waals surface area contributed by atoms with Crippen molar-refractivity contribution >= 4 is 28.9 Å². The lowest BCUT2D eigenvalue weighted by molar-refractivity contribution is -0.115. The summed E-state index contributed by atoms with van der Waals surface area (Å²) in [5, 5.41) is 2.86. The number of rotatable bonds is 8. The van der Waals surface area contributed by atoms with Gasteiger partial charge >= 0.3 is 0 Å². The number of nitrogens with zero attached hydrogens (tertiary/aromatic N) is 2. The normalized spacial score (nSPS) is 15.3. The van der Waals surface area contributed by atoms with Crippen LogP contribution in [0.5, 0.6) is 5.75 Å². The van der Waals surface area contributed by atoms with Crippen molar-refractivity contribution in [2.45, 2.75) is 46.1 Å². The van der Waals surface area contributed by atoms with Gasteiger partial charge in [-0.15, -0.1) is 0 Å². The summed E-state index contributed by atoms with van der Waals surface area (Å²) in [6, 6.07) is 20.5. The highest BCUT2D eigenvalue weighted by Gasteiger charge is 2.21. The molecule has 0 fully saturated rings. The van der Waals surface area contributed by atoms with Crippen LogP contribution < -0.4 is 10.1 Å². The van der Waals surface area contributed by atoms with Gasteiger partial charge in [-0.05, 0) is 85.5 Å². The summed E-state index contributed by atoms with van der Waals surface area (Å²) in [5.74, 6) is 1.07. The van der Waals surface area contributed by atoms with Gasteiger partial charge < -0.3 is 10.1 Å². The van der Waals surface area contributed by atoms with E-state index in [4.69, 9.17) is 9.73 Å². The minimum absolute atomic E-state index is 0.0490. The van der Waals surface area contributed by atoms with Gasteiger partial charge in [0.1, 0.15) is 17.6 Å². The van der Waals surface area contributed by atoms with E-state index in [1.165, 1.54) is 0 Å². The zero-order valence-electron chi connectivity index (χ0n) is 22.3. The molecule has 1 N–H and O–H groups in total. The van der Waals surface area contributed by atoms with Crippen molar-refractivity contribution in [2.75, 3.05) is 7.11 Å². The van der Waals surface area contributed by atoms with Crippen LogP contribution in [-0.2, 0) is 17.6 Å². The van der Waals surface area contributed by atoms with Gasteiger partial charge in [0, 0.05) is 17.5 Å². The van der Waals surface area contributed by atoms with Crippen LogP contribution in [0.2, 0.25) is 0 Å². The molecule has 194 valence electrons. The van der Waals surface area contributed by atoms with E-state index in [0.717, 1.165) is 52.2 Å². The number of ether oxygens (including phenoxy) is 1. The number of para-hydroxylation sites is 1. The molecular formula is C32H33N3O3. The second-order valence-electron chi connectivity index (χ2n) is 9.38. The number of carbonyl (C=O) groups is 2. The van der Waals surface area contributed by atoms with E-state index >= 15 is 0 Å². The van der Waals surface area contributed by atoms with Gasteiger partial charge in [-0.2, -0.15) is 0 Å². The molecule has 3 aromatic rings. The molecule has 0 radical (unpaired) electrons. The number of methoxy groups -OCH3 is 1. The molecule has 6 heteroatoms. The van der Waals surface area contributed by atoms with Gasteiger partial charge in [-0.3, -0.25) is 14.6 Å². The van der Waals surface area contributed by atoms with E-state index in [2.05, 4.69) is 23.3 Å². The molecule has 3 aromatic carbocycles. The smallest absolute Gasteiger partial charge is 0.256 e. The maximum atomic E-state index is 12.9. The maximum absolute atomic E-state index is 12.9. The van der Waals surface area contributed by atoms with Gasteiger partial charge in [0.15, 0.2) is 5.78 Å². The third-order valence-corrected chi connectivity index (χ3v) is 6.44. The first-order valence-corrected chi connectivity index (χ1v) is 12.9. The molecule has 0 bridgehead atoms. The van der Waals surface area contributed by atoms with Crippen LogP contribution in [0.25, 0.3) is 0 Å². The van der Waals surface area contributed by atoms with Crippen LogP contribution in [0.4, 0.5) is 5.69 Å². The molecule has 1 aliphatic heterocycles. The summed E-state index contributed by atoms with van der Waals surface area (Å²) >= 11 is 0. The maximum Gasteiger partial charge on any atom is 0.256 e. The molecule has 0 spiro atoms. The monoisotopic (exact) mass is 507 g/mol. The number of hydrogen-bond donors (Lipinski definition) is 1. The lowest BCUT2D eigenvalue weighted by Crippen LogP contribution is -2.28. The molecule has 0 saturated carbocycles. The van der Waals surface area contributed by atoms with Crippen molar-refractivity contribution in [3.8, 4) is 5.75 Å². The Labute approximate surface area is 224 Å². The first-order valence-electron chi connectivity index (χ1n) is 12.9. The van der Waals surface area contributed by atoms with Crippen molar-refractivity contribution in [2.24, 2.45) is 9.98 Å². The quantitative estimate of drug-likeness (QED) is 0.301. The van der Waals surface area contributed by atoms with E-state index in [1.807, 2.05) is 61.5 Å². The zero-order chi connectivity index (χ0) is 27.1.